The zero-order chi connectivity index (χ0) is 45.2. The molecular weight excluding hydrogens is 837 g/mol. The monoisotopic (exact) mass is 876 g/mol. The second-order valence-electron chi connectivity index (χ2n) is 18.4. The fourth-order valence-corrected chi connectivity index (χ4v) is 12.1. The van der Waals surface area contributed by atoms with Crippen LogP contribution in [0.5, 0.6) is 0 Å². The molecule has 0 N–H and O–H groups in total. The highest BCUT2D eigenvalue weighted by Gasteiger charge is 2.52. The largest absolute Gasteiger partial charge is 0.309 e. The van der Waals surface area contributed by atoms with Crippen LogP contribution in [0.15, 0.2) is 243 Å². The number of hydrogen-bond acceptors (Lipinski definition) is 2. The topological polar surface area (TPSA) is 35.6 Å². The number of aromatic nitrogens is 4. The molecule has 0 bridgehead atoms. The maximum Gasteiger partial charge on any atom is 0.162 e. The molecule has 0 aliphatic heterocycles. The highest BCUT2D eigenvalue weighted by atomic mass is 15.1. The minimum Gasteiger partial charge on any atom is -0.309 e. The summed E-state index contributed by atoms with van der Waals surface area (Å²) in [4.78, 5) is 10.8. The van der Waals surface area contributed by atoms with Crippen LogP contribution in [-0.2, 0) is 5.41 Å². The van der Waals surface area contributed by atoms with E-state index < -0.39 is 5.41 Å². The van der Waals surface area contributed by atoms with Crippen molar-refractivity contribution in [1.82, 2.24) is 19.1 Å². The molecule has 15 rings (SSSR count). The van der Waals surface area contributed by atoms with Gasteiger partial charge in [-0.15, -0.1) is 0 Å². The van der Waals surface area contributed by atoms with Crippen LogP contribution < -0.4 is 0 Å². The summed E-state index contributed by atoms with van der Waals surface area (Å²) in [7, 11) is 0. The molecule has 320 valence electrons. The van der Waals surface area contributed by atoms with Gasteiger partial charge >= 0.3 is 0 Å². The lowest BCUT2D eigenvalue weighted by Crippen LogP contribution is -2.25. The summed E-state index contributed by atoms with van der Waals surface area (Å²) in [5.74, 6) is 0.698. The van der Waals surface area contributed by atoms with Crippen LogP contribution in [0, 0.1) is 0 Å². The van der Waals surface area contributed by atoms with E-state index in [0.29, 0.717) is 5.82 Å². The maximum atomic E-state index is 5.40. The van der Waals surface area contributed by atoms with Crippen LogP contribution in [0.25, 0.3) is 111 Å². The predicted molar refractivity (Wildman–Crippen MR) is 283 cm³/mol. The summed E-state index contributed by atoms with van der Waals surface area (Å²) < 4.78 is 4.82. The summed E-state index contributed by atoms with van der Waals surface area (Å²) in [6.45, 7) is 0. The van der Waals surface area contributed by atoms with Gasteiger partial charge in [0, 0.05) is 44.2 Å². The molecule has 0 fully saturated rings. The minimum absolute atomic E-state index is 0.436. The molecule has 0 radical (unpaired) electrons. The summed E-state index contributed by atoms with van der Waals surface area (Å²) in [6.07, 6.45) is 0. The molecule has 0 amide bonds. The summed E-state index contributed by atoms with van der Waals surface area (Å²) in [5.41, 5.74) is 21.9. The third-order valence-corrected chi connectivity index (χ3v) is 14.9. The normalized spacial score (nSPS) is 13.0. The Hall–Kier alpha value is -9.12. The average molecular weight is 877 g/mol. The van der Waals surface area contributed by atoms with E-state index in [1.54, 1.807) is 0 Å². The minimum atomic E-state index is -0.436. The fraction of sp³-hybridized carbons (Fsp3) is 0.0154. The number of rotatable bonds is 5. The van der Waals surface area contributed by atoms with E-state index in [2.05, 4.69) is 246 Å². The molecule has 3 aromatic heterocycles. The van der Waals surface area contributed by atoms with E-state index in [4.69, 9.17) is 9.97 Å². The van der Waals surface area contributed by atoms with Crippen molar-refractivity contribution < 1.29 is 0 Å². The Labute approximate surface area is 398 Å². The number of benzene rings is 10. The molecule has 0 unspecified atom stereocenters. The van der Waals surface area contributed by atoms with Gasteiger partial charge in [-0.25, -0.2) is 9.97 Å². The maximum absolute atomic E-state index is 5.40. The first-order valence-electron chi connectivity index (χ1n) is 23.7. The van der Waals surface area contributed by atoms with E-state index >= 15 is 0 Å². The molecular formula is C65H40N4. The molecule has 2 aliphatic carbocycles. The first-order chi connectivity index (χ1) is 34.3. The molecule has 0 saturated carbocycles. The summed E-state index contributed by atoms with van der Waals surface area (Å²) >= 11 is 0. The van der Waals surface area contributed by atoms with Crippen molar-refractivity contribution >= 4 is 43.7 Å². The molecule has 4 nitrogen and oxygen atoms in total. The molecule has 2 aliphatic rings. The van der Waals surface area contributed by atoms with Gasteiger partial charge in [0.15, 0.2) is 5.82 Å². The van der Waals surface area contributed by atoms with Crippen molar-refractivity contribution in [1.29, 1.82) is 0 Å². The van der Waals surface area contributed by atoms with E-state index in [-0.39, 0.29) is 0 Å². The van der Waals surface area contributed by atoms with Gasteiger partial charge in [-0.3, -0.25) is 4.57 Å². The van der Waals surface area contributed by atoms with Gasteiger partial charge in [0.1, 0.15) is 5.65 Å². The van der Waals surface area contributed by atoms with E-state index in [1.807, 2.05) is 6.07 Å². The Kier molecular flexibility index (Phi) is 7.96. The van der Waals surface area contributed by atoms with Gasteiger partial charge in [0.2, 0.25) is 0 Å². The van der Waals surface area contributed by atoms with Crippen LogP contribution in [0.2, 0.25) is 0 Å². The summed E-state index contributed by atoms with van der Waals surface area (Å²) in [5, 5.41) is 4.58. The Bertz CT molecular complexity index is 4180. The van der Waals surface area contributed by atoms with Crippen molar-refractivity contribution in [2.75, 3.05) is 0 Å². The standard InChI is InChI=1S/C65H40N4/c1-5-19-41(20-6-1)61-60-52-40-44(34-38-58(52)69(46-25-11-4-12-26-46)64(60)67-63(66-61)42-21-7-2-8-22-42)43-33-37-57-51(39-43)49-35-36-56-59(62(49)68(57)45-23-9-3-10-24-45)50-29-15-18-32-55(50)65(56)53-30-16-13-27-47(53)48-28-14-17-31-54(48)65/h1-40H. The lowest BCUT2D eigenvalue weighted by atomic mass is 9.70. The molecule has 69 heavy (non-hydrogen) atoms. The quantitative estimate of drug-likeness (QED) is 0.173. The highest BCUT2D eigenvalue weighted by molar-refractivity contribution is 6.18. The van der Waals surface area contributed by atoms with Crippen molar-refractivity contribution in [3.8, 4) is 67.4 Å². The first kappa shape index (κ1) is 38.0. The average Bonchev–Trinajstić information content (AvgIpc) is 4.13. The van der Waals surface area contributed by atoms with Crippen LogP contribution in [0.4, 0.5) is 0 Å². The second kappa shape index (κ2) is 14.4. The molecule has 4 heteroatoms. The Morgan fingerprint density at radius 2 is 0.826 bits per heavy atom. The number of fused-ring (bicyclic) bond motifs is 17. The Morgan fingerprint density at radius 3 is 1.45 bits per heavy atom. The van der Waals surface area contributed by atoms with Gasteiger partial charge in [0.05, 0.1) is 33.0 Å². The lowest BCUT2D eigenvalue weighted by Gasteiger charge is -2.30. The number of para-hydroxylation sites is 2. The molecule has 1 spiro atoms. The molecule has 0 atom stereocenters. The Balaban J connectivity index is 1.00. The lowest BCUT2D eigenvalue weighted by molar-refractivity contribution is 0.794. The van der Waals surface area contributed by atoms with Gasteiger partial charge < -0.3 is 4.57 Å². The van der Waals surface area contributed by atoms with Crippen LogP contribution in [-0.4, -0.2) is 19.1 Å². The summed E-state index contributed by atoms with van der Waals surface area (Å²) in [6, 6.07) is 88.4. The highest BCUT2D eigenvalue weighted by Crippen LogP contribution is 2.64. The third-order valence-electron chi connectivity index (χ3n) is 14.9. The zero-order valence-electron chi connectivity index (χ0n) is 37.4. The van der Waals surface area contributed by atoms with Gasteiger partial charge in [0.25, 0.3) is 0 Å². The van der Waals surface area contributed by atoms with Gasteiger partial charge in [-0.05, 0) is 98.6 Å². The van der Waals surface area contributed by atoms with Gasteiger partial charge in [-0.1, -0.05) is 194 Å². The van der Waals surface area contributed by atoms with E-state index in [1.165, 1.54) is 66.3 Å². The zero-order valence-corrected chi connectivity index (χ0v) is 37.4. The number of nitrogens with zero attached hydrogens (tertiary/aromatic N) is 4. The van der Waals surface area contributed by atoms with Crippen LogP contribution >= 0.6 is 0 Å². The third kappa shape index (κ3) is 5.23. The van der Waals surface area contributed by atoms with Crippen molar-refractivity contribution in [3.63, 3.8) is 0 Å². The second-order valence-corrected chi connectivity index (χ2v) is 18.4. The number of hydrogen-bond donors (Lipinski definition) is 0. The van der Waals surface area contributed by atoms with Crippen molar-refractivity contribution in [2.24, 2.45) is 0 Å². The van der Waals surface area contributed by atoms with Crippen LogP contribution in [0.1, 0.15) is 22.3 Å². The first-order valence-corrected chi connectivity index (χ1v) is 23.7. The fourth-order valence-electron chi connectivity index (χ4n) is 12.1. The van der Waals surface area contributed by atoms with E-state index in [9.17, 15) is 0 Å². The molecule has 10 aromatic carbocycles. The smallest absolute Gasteiger partial charge is 0.162 e. The SMILES string of the molecule is c1ccc(-c2nc(-c3ccccc3)c3c4cc(-c5ccc6c(c5)c5ccc7c(c5n6-c5ccccc5)-c5ccccc5C75c6ccccc6-c6ccccc65)ccc4n(-c4ccccc4)c3n2)cc1. The Morgan fingerprint density at radius 1 is 0.333 bits per heavy atom. The molecule has 3 heterocycles. The molecule has 13 aromatic rings. The van der Waals surface area contributed by atoms with Crippen molar-refractivity contribution in [3.05, 3.63) is 265 Å². The predicted octanol–water partition coefficient (Wildman–Crippen LogP) is 16.0. The van der Waals surface area contributed by atoms with Crippen molar-refractivity contribution in [2.45, 2.75) is 5.41 Å². The van der Waals surface area contributed by atoms with Gasteiger partial charge in [-0.2, -0.15) is 0 Å². The van der Waals surface area contributed by atoms with Crippen LogP contribution in [0.3, 0.4) is 0 Å². The van der Waals surface area contributed by atoms with E-state index in [0.717, 1.165) is 61.3 Å². The molecule has 0 saturated heterocycles.